The number of carbonyl (C=O) groups is 1. The van der Waals surface area contributed by atoms with Gasteiger partial charge in [0.2, 0.25) is 0 Å². The molecule has 22 heavy (non-hydrogen) atoms. The third-order valence-corrected chi connectivity index (χ3v) is 4.18. The summed E-state index contributed by atoms with van der Waals surface area (Å²) in [5.74, 6) is -0.316. The molecule has 0 heterocycles. The fraction of sp³-hybridized carbons (Fsp3) is 0.850. The van der Waals surface area contributed by atoms with Gasteiger partial charge in [-0.15, -0.1) is 0 Å². The number of hydrogen-bond acceptors (Lipinski definition) is 2. The summed E-state index contributed by atoms with van der Waals surface area (Å²) in [5, 5.41) is 0. The van der Waals surface area contributed by atoms with Crippen LogP contribution in [0.4, 0.5) is 0 Å². The summed E-state index contributed by atoms with van der Waals surface area (Å²) in [4.78, 5) is 11.2. The fourth-order valence-electron chi connectivity index (χ4n) is 2.76. The number of ether oxygens (including phenoxy) is 1. The molecule has 0 aliphatic carbocycles. The van der Waals surface area contributed by atoms with E-state index in [9.17, 15) is 4.79 Å². The van der Waals surface area contributed by atoms with Crippen molar-refractivity contribution in [2.75, 3.05) is 0 Å². The molecule has 0 saturated heterocycles. The lowest BCUT2D eigenvalue weighted by atomic mass is 9.99. The van der Waals surface area contributed by atoms with E-state index in [0.717, 1.165) is 12.8 Å². The van der Waals surface area contributed by atoms with Gasteiger partial charge < -0.3 is 4.74 Å². The van der Waals surface area contributed by atoms with Gasteiger partial charge in [0.25, 0.3) is 0 Å². The van der Waals surface area contributed by atoms with E-state index in [1.165, 1.54) is 76.7 Å². The molecule has 130 valence electrons. The SMILES string of the molecule is C=CC(=O)OC(C)(C)CCCCCCCCCCCCCC. The first-order chi connectivity index (χ1) is 10.5. The van der Waals surface area contributed by atoms with Gasteiger partial charge in [-0.25, -0.2) is 4.79 Å². The highest BCUT2D eigenvalue weighted by atomic mass is 16.6. The highest BCUT2D eigenvalue weighted by Gasteiger charge is 2.20. The lowest BCUT2D eigenvalue weighted by molar-refractivity contribution is -0.150. The summed E-state index contributed by atoms with van der Waals surface area (Å²) >= 11 is 0. The van der Waals surface area contributed by atoms with Crippen molar-refractivity contribution in [3.05, 3.63) is 12.7 Å². The topological polar surface area (TPSA) is 26.3 Å². The van der Waals surface area contributed by atoms with Crippen LogP contribution in [0.25, 0.3) is 0 Å². The van der Waals surface area contributed by atoms with Gasteiger partial charge in [0.05, 0.1) is 0 Å². The molecule has 0 amide bonds. The van der Waals surface area contributed by atoms with E-state index >= 15 is 0 Å². The zero-order valence-corrected chi connectivity index (χ0v) is 15.3. The molecule has 0 fully saturated rings. The summed E-state index contributed by atoms with van der Waals surface area (Å²) < 4.78 is 5.33. The van der Waals surface area contributed by atoms with Crippen LogP contribution in [0.2, 0.25) is 0 Å². The van der Waals surface area contributed by atoms with Crippen LogP contribution in [0.1, 0.15) is 104 Å². The van der Waals surface area contributed by atoms with Crippen LogP contribution in [0.5, 0.6) is 0 Å². The summed E-state index contributed by atoms with van der Waals surface area (Å²) in [6, 6.07) is 0. The summed E-state index contributed by atoms with van der Waals surface area (Å²) in [7, 11) is 0. The molecule has 2 heteroatoms. The number of esters is 1. The molecule has 0 aliphatic rings. The van der Waals surface area contributed by atoms with Gasteiger partial charge in [-0.05, 0) is 26.7 Å². The Morgan fingerprint density at radius 2 is 1.27 bits per heavy atom. The third kappa shape index (κ3) is 14.2. The van der Waals surface area contributed by atoms with E-state index in [1.807, 2.05) is 13.8 Å². The molecule has 0 atom stereocenters. The zero-order valence-electron chi connectivity index (χ0n) is 15.3. The first-order valence-electron chi connectivity index (χ1n) is 9.37. The molecule has 0 aromatic heterocycles. The van der Waals surface area contributed by atoms with Gasteiger partial charge in [0, 0.05) is 6.08 Å². The van der Waals surface area contributed by atoms with Crippen molar-refractivity contribution in [3.63, 3.8) is 0 Å². The molecule has 0 aromatic carbocycles. The van der Waals surface area contributed by atoms with E-state index in [2.05, 4.69) is 13.5 Å². The number of hydrogen-bond donors (Lipinski definition) is 0. The Labute approximate surface area is 138 Å². The Morgan fingerprint density at radius 3 is 1.68 bits per heavy atom. The smallest absolute Gasteiger partial charge is 0.330 e. The van der Waals surface area contributed by atoms with Crippen molar-refractivity contribution in [2.24, 2.45) is 0 Å². The van der Waals surface area contributed by atoms with E-state index < -0.39 is 0 Å². The Kier molecular flexibility index (Phi) is 13.3. The summed E-state index contributed by atoms with van der Waals surface area (Å²) in [6.45, 7) is 9.66. The maximum atomic E-state index is 11.2. The normalized spacial score (nSPS) is 11.4. The largest absolute Gasteiger partial charge is 0.457 e. The zero-order chi connectivity index (χ0) is 16.7. The van der Waals surface area contributed by atoms with Crippen LogP contribution < -0.4 is 0 Å². The van der Waals surface area contributed by atoms with Gasteiger partial charge in [-0.1, -0.05) is 84.1 Å². The summed E-state index contributed by atoms with van der Waals surface area (Å²) in [5.41, 5.74) is -0.357. The number of rotatable bonds is 15. The van der Waals surface area contributed by atoms with Crippen LogP contribution in [-0.2, 0) is 9.53 Å². The number of unbranched alkanes of at least 4 members (excludes halogenated alkanes) is 11. The van der Waals surface area contributed by atoms with Gasteiger partial charge in [0.15, 0.2) is 0 Å². The molecule has 0 spiro atoms. The van der Waals surface area contributed by atoms with Crippen LogP contribution in [0, 0.1) is 0 Å². The molecular weight excluding hydrogens is 272 g/mol. The average Bonchev–Trinajstić information content (AvgIpc) is 2.47. The van der Waals surface area contributed by atoms with E-state index in [-0.39, 0.29) is 11.6 Å². The van der Waals surface area contributed by atoms with Gasteiger partial charge in [-0.3, -0.25) is 0 Å². The standard InChI is InChI=1S/C20H38O2/c1-5-7-8-9-10-11-12-13-14-15-16-17-18-20(3,4)22-19(21)6-2/h6H,2,5,7-18H2,1,3-4H3. The van der Waals surface area contributed by atoms with Gasteiger partial charge >= 0.3 is 5.97 Å². The fourth-order valence-corrected chi connectivity index (χ4v) is 2.76. The molecule has 0 radical (unpaired) electrons. The molecule has 0 N–H and O–H groups in total. The molecule has 0 rings (SSSR count). The van der Waals surface area contributed by atoms with E-state index in [1.54, 1.807) is 0 Å². The molecule has 0 aromatic rings. The maximum absolute atomic E-state index is 11.2. The van der Waals surface area contributed by atoms with E-state index in [4.69, 9.17) is 4.74 Å². The van der Waals surface area contributed by atoms with E-state index in [0.29, 0.717) is 0 Å². The minimum Gasteiger partial charge on any atom is -0.457 e. The van der Waals surface area contributed by atoms with Crippen molar-refractivity contribution in [1.82, 2.24) is 0 Å². The molecule has 0 unspecified atom stereocenters. The van der Waals surface area contributed by atoms with Crippen LogP contribution in [0.3, 0.4) is 0 Å². The van der Waals surface area contributed by atoms with Gasteiger partial charge in [0.1, 0.15) is 5.60 Å². The first kappa shape index (κ1) is 21.2. The molecule has 2 nitrogen and oxygen atoms in total. The van der Waals surface area contributed by atoms with Crippen molar-refractivity contribution in [3.8, 4) is 0 Å². The van der Waals surface area contributed by atoms with Crippen molar-refractivity contribution < 1.29 is 9.53 Å². The average molecular weight is 311 g/mol. The number of carbonyl (C=O) groups excluding carboxylic acids is 1. The Balaban J connectivity index is 3.32. The predicted molar refractivity (Wildman–Crippen MR) is 96.1 cm³/mol. The monoisotopic (exact) mass is 310 g/mol. The highest BCUT2D eigenvalue weighted by Crippen LogP contribution is 2.20. The summed E-state index contributed by atoms with van der Waals surface area (Å²) in [6.07, 6.45) is 18.4. The predicted octanol–water partition coefficient (Wildman–Crippen LogP) is 6.59. The van der Waals surface area contributed by atoms with Gasteiger partial charge in [-0.2, -0.15) is 0 Å². The molecular formula is C20H38O2. The van der Waals surface area contributed by atoms with Crippen molar-refractivity contribution >= 4 is 5.97 Å². The quantitative estimate of drug-likeness (QED) is 0.194. The lowest BCUT2D eigenvalue weighted by Gasteiger charge is -2.24. The minimum atomic E-state index is -0.357. The molecule has 0 saturated carbocycles. The Bertz CT molecular complexity index is 281. The van der Waals surface area contributed by atoms with Crippen molar-refractivity contribution in [1.29, 1.82) is 0 Å². The lowest BCUT2D eigenvalue weighted by Crippen LogP contribution is -2.27. The first-order valence-corrected chi connectivity index (χ1v) is 9.37. The second-order valence-corrected chi connectivity index (χ2v) is 7.02. The second kappa shape index (κ2) is 13.8. The van der Waals surface area contributed by atoms with Crippen LogP contribution in [0.15, 0.2) is 12.7 Å². The minimum absolute atomic E-state index is 0.316. The Morgan fingerprint density at radius 1 is 0.864 bits per heavy atom. The second-order valence-electron chi connectivity index (χ2n) is 7.02. The van der Waals surface area contributed by atoms with Crippen molar-refractivity contribution in [2.45, 2.75) is 110 Å². The Hall–Kier alpha value is -0.790. The molecule has 0 bridgehead atoms. The maximum Gasteiger partial charge on any atom is 0.330 e. The van der Waals surface area contributed by atoms with Crippen LogP contribution >= 0.6 is 0 Å². The third-order valence-electron chi connectivity index (χ3n) is 4.18. The van der Waals surface area contributed by atoms with Crippen LogP contribution in [-0.4, -0.2) is 11.6 Å². The molecule has 0 aliphatic heterocycles. The highest BCUT2D eigenvalue weighted by molar-refractivity contribution is 5.81.